The van der Waals surface area contributed by atoms with E-state index in [0.29, 0.717) is 10.5 Å². The molecule has 0 aromatic heterocycles. The summed E-state index contributed by atoms with van der Waals surface area (Å²) in [7, 11) is 0.479. The molecule has 0 unspecified atom stereocenters. The molecule has 0 radical (unpaired) electrons. The Hall–Kier alpha value is -1.33. The summed E-state index contributed by atoms with van der Waals surface area (Å²) in [6, 6.07) is 6.77. The highest BCUT2D eigenvalue weighted by atomic mass is 32.2. The third-order valence-corrected chi connectivity index (χ3v) is 4.40. The summed E-state index contributed by atoms with van der Waals surface area (Å²) in [5.41, 5.74) is 1.60. The predicted molar refractivity (Wildman–Crippen MR) is 73.7 cm³/mol. The lowest BCUT2D eigenvalue weighted by molar-refractivity contribution is 0.342. The van der Waals surface area contributed by atoms with Crippen LogP contribution in [0.4, 0.5) is 5.69 Å². The van der Waals surface area contributed by atoms with Gasteiger partial charge < -0.3 is 10.0 Å². The zero-order valence-corrected chi connectivity index (χ0v) is 11.7. The third-order valence-electron chi connectivity index (χ3n) is 2.57. The second-order valence-electron chi connectivity index (χ2n) is 4.38. The molecule has 1 rings (SSSR count). The van der Waals surface area contributed by atoms with Crippen molar-refractivity contribution in [1.29, 1.82) is 0 Å². The minimum atomic E-state index is -3.32. The standard InChI is InChI=1S/C13H19NO3S/c1-11(8-9-15)10-18(16,17)13-6-4-12(5-7-13)14(2)3/h4-8,15H,9-10H2,1-3H3. The van der Waals surface area contributed by atoms with Crippen molar-refractivity contribution in [2.24, 2.45) is 0 Å². The molecule has 0 bridgehead atoms. The number of aliphatic hydroxyl groups is 1. The van der Waals surface area contributed by atoms with Gasteiger partial charge in [-0.25, -0.2) is 8.42 Å². The average Bonchev–Trinajstić information content (AvgIpc) is 2.28. The number of hydrogen-bond acceptors (Lipinski definition) is 4. The second-order valence-corrected chi connectivity index (χ2v) is 6.37. The fourth-order valence-corrected chi connectivity index (χ4v) is 2.98. The van der Waals surface area contributed by atoms with Crippen LogP contribution in [0.5, 0.6) is 0 Å². The normalized spacial score (nSPS) is 12.6. The summed E-state index contributed by atoms with van der Waals surface area (Å²) in [5, 5.41) is 8.72. The van der Waals surface area contributed by atoms with Crippen molar-refractivity contribution in [2.75, 3.05) is 31.4 Å². The molecule has 0 saturated heterocycles. The maximum atomic E-state index is 12.1. The van der Waals surface area contributed by atoms with E-state index in [1.165, 1.54) is 6.08 Å². The zero-order chi connectivity index (χ0) is 13.8. The Morgan fingerprint density at radius 1 is 1.28 bits per heavy atom. The molecule has 4 nitrogen and oxygen atoms in total. The second kappa shape index (κ2) is 6.02. The van der Waals surface area contributed by atoms with Crippen LogP contribution in [-0.2, 0) is 9.84 Å². The van der Waals surface area contributed by atoms with Gasteiger partial charge in [0.05, 0.1) is 17.3 Å². The fourth-order valence-electron chi connectivity index (χ4n) is 1.55. The van der Waals surface area contributed by atoms with Crippen LogP contribution in [-0.4, -0.2) is 40.0 Å². The first-order chi connectivity index (χ1) is 8.36. The van der Waals surface area contributed by atoms with Crippen molar-refractivity contribution in [3.63, 3.8) is 0 Å². The number of sulfone groups is 1. The van der Waals surface area contributed by atoms with Crippen LogP contribution < -0.4 is 4.90 Å². The molecule has 0 atom stereocenters. The van der Waals surface area contributed by atoms with Crippen molar-refractivity contribution in [3.05, 3.63) is 35.9 Å². The Balaban J connectivity index is 2.95. The van der Waals surface area contributed by atoms with Gasteiger partial charge in [-0.2, -0.15) is 0 Å². The van der Waals surface area contributed by atoms with E-state index in [9.17, 15) is 8.42 Å². The minimum Gasteiger partial charge on any atom is -0.392 e. The smallest absolute Gasteiger partial charge is 0.182 e. The molecule has 0 aliphatic carbocycles. The molecule has 18 heavy (non-hydrogen) atoms. The van der Waals surface area contributed by atoms with Crippen molar-refractivity contribution in [3.8, 4) is 0 Å². The van der Waals surface area contributed by atoms with E-state index >= 15 is 0 Å². The van der Waals surface area contributed by atoms with E-state index in [1.54, 1.807) is 31.2 Å². The van der Waals surface area contributed by atoms with Gasteiger partial charge in [0.1, 0.15) is 0 Å². The van der Waals surface area contributed by atoms with Gasteiger partial charge in [0.25, 0.3) is 0 Å². The number of benzene rings is 1. The highest BCUT2D eigenvalue weighted by molar-refractivity contribution is 7.91. The molecule has 0 saturated carbocycles. The Morgan fingerprint density at radius 3 is 2.28 bits per heavy atom. The van der Waals surface area contributed by atoms with Gasteiger partial charge >= 0.3 is 0 Å². The van der Waals surface area contributed by atoms with Crippen LogP contribution in [0.15, 0.2) is 40.8 Å². The van der Waals surface area contributed by atoms with Crippen LogP contribution in [0, 0.1) is 0 Å². The lowest BCUT2D eigenvalue weighted by Crippen LogP contribution is -2.10. The highest BCUT2D eigenvalue weighted by Gasteiger charge is 2.14. The van der Waals surface area contributed by atoms with Crippen LogP contribution >= 0.6 is 0 Å². The van der Waals surface area contributed by atoms with E-state index in [-0.39, 0.29) is 12.4 Å². The van der Waals surface area contributed by atoms with E-state index in [1.807, 2.05) is 19.0 Å². The first-order valence-electron chi connectivity index (χ1n) is 5.63. The van der Waals surface area contributed by atoms with E-state index in [0.717, 1.165) is 5.69 Å². The molecule has 0 aliphatic rings. The quantitative estimate of drug-likeness (QED) is 0.822. The van der Waals surface area contributed by atoms with Crippen LogP contribution in [0.3, 0.4) is 0 Å². The molecule has 0 heterocycles. The predicted octanol–water partition coefficient (Wildman–Crippen LogP) is 1.46. The van der Waals surface area contributed by atoms with Crippen LogP contribution in [0.1, 0.15) is 6.92 Å². The van der Waals surface area contributed by atoms with Crippen molar-refractivity contribution < 1.29 is 13.5 Å². The summed E-state index contributed by atoms with van der Waals surface area (Å²) >= 11 is 0. The van der Waals surface area contributed by atoms with Gasteiger partial charge in [-0.05, 0) is 31.2 Å². The third kappa shape index (κ3) is 3.85. The number of aliphatic hydroxyl groups excluding tert-OH is 1. The first-order valence-corrected chi connectivity index (χ1v) is 7.28. The summed E-state index contributed by atoms with van der Waals surface area (Å²) in [6.45, 7) is 1.56. The lowest BCUT2D eigenvalue weighted by Gasteiger charge is -2.12. The SMILES string of the molecule is CC(=CCO)CS(=O)(=O)c1ccc(N(C)C)cc1. The van der Waals surface area contributed by atoms with Gasteiger partial charge in [0.15, 0.2) is 9.84 Å². The lowest BCUT2D eigenvalue weighted by atomic mass is 10.3. The molecule has 0 aliphatic heterocycles. The number of nitrogens with zero attached hydrogens (tertiary/aromatic N) is 1. The molecule has 100 valence electrons. The molecule has 1 aromatic carbocycles. The Labute approximate surface area is 108 Å². The molecule has 0 spiro atoms. The summed E-state index contributed by atoms with van der Waals surface area (Å²) < 4.78 is 24.1. The molecule has 0 amide bonds. The topological polar surface area (TPSA) is 57.6 Å². The highest BCUT2D eigenvalue weighted by Crippen LogP contribution is 2.18. The van der Waals surface area contributed by atoms with Crippen LogP contribution in [0.2, 0.25) is 0 Å². The zero-order valence-electron chi connectivity index (χ0n) is 10.9. The first kappa shape index (κ1) is 14.7. The van der Waals surface area contributed by atoms with E-state index in [4.69, 9.17) is 5.11 Å². The fraction of sp³-hybridized carbons (Fsp3) is 0.385. The maximum Gasteiger partial charge on any atom is 0.182 e. The van der Waals surface area contributed by atoms with Gasteiger partial charge in [0.2, 0.25) is 0 Å². The Morgan fingerprint density at radius 2 is 1.83 bits per heavy atom. The number of hydrogen-bond donors (Lipinski definition) is 1. The van der Waals surface area contributed by atoms with Gasteiger partial charge in [-0.1, -0.05) is 11.6 Å². The van der Waals surface area contributed by atoms with Crippen molar-refractivity contribution >= 4 is 15.5 Å². The molecule has 0 fully saturated rings. The monoisotopic (exact) mass is 269 g/mol. The van der Waals surface area contributed by atoms with Crippen molar-refractivity contribution in [2.45, 2.75) is 11.8 Å². The van der Waals surface area contributed by atoms with Crippen LogP contribution in [0.25, 0.3) is 0 Å². The van der Waals surface area contributed by atoms with E-state index < -0.39 is 9.84 Å². The molecule has 1 aromatic rings. The summed E-state index contributed by atoms with van der Waals surface area (Å²) in [5.74, 6) is -0.0606. The maximum absolute atomic E-state index is 12.1. The Bertz CT molecular complexity index is 516. The van der Waals surface area contributed by atoms with Gasteiger partial charge in [-0.3, -0.25) is 0 Å². The summed E-state index contributed by atoms with van der Waals surface area (Å²) in [6.07, 6.45) is 1.51. The van der Waals surface area contributed by atoms with Gasteiger partial charge in [-0.15, -0.1) is 0 Å². The van der Waals surface area contributed by atoms with E-state index in [2.05, 4.69) is 0 Å². The number of anilines is 1. The molecule has 5 heteroatoms. The summed E-state index contributed by atoms with van der Waals surface area (Å²) in [4.78, 5) is 2.21. The van der Waals surface area contributed by atoms with Gasteiger partial charge in [0, 0.05) is 19.8 Å². The minimum absolute atomic E-state index is 0.0606. The number of rotatable bonds is 5. The molecular formula is C13H19NO3S. The Kier molecular flexibility index (Phi) is 4.93. The largest absolute Gasteiger partial charge is 0.392 e. The molecular weight excluding hydrogens is 250 g/mol. The average molecular weight is 269 g/mol. The molecule has 1 N–H and O–H groups in total. The van der Waals surface area contributed by atoms with Crippen molar-refractivity contribution in [1.82, 2.24) is 0 Å².